The Morgan fingerprint density at radius 1 is 1.15 bits per heavy atom. The van der Waals surface area contributed by atoms with E-state index in [-0.39, 0.29) is 24.1 Å². The van der Waals surface area contributed by atoms with Crippen LogP contribution in [0.3, 0.4) is 0 Å². The van der Waals surface area contributed by atoms with Crippen LogP contribution in [0.25, 0.3) is 10.9 Å². The van der Waals surface area contributed by atoms with Gasteiger partial charge < -0.3 is 19.2 Å². The third-order valence-electron chi connectivity index (χ3n) is 4.33. The van der Waals surface area contributed by atoms with E-state index in [9.17, 15) is 14.4 Å². The van der Waals surface area contributed by atoms with Gasteiger partial charge in [-0.1, -0.05) is 6.07 Å². The van der Waals surface area contributed by atoms with E-state index in [1.807, 2.05) is 24.4 Å². The van der Waals surface area contributed by atoms with E-state index in [0.29, 0.717) is 11.3 Å². The van der Waals surface area contributed by atoms with Gasteiger partial charge in [0.1, 0.15) is 6.54 Å². The minimum Gasteiger partial charge on any atom is -0.468 e. The molecule has 1 N–H and O–H groups in total. The number of carbonyl (C=O) groups is 2. The highest BCUT2D eigenvalue weighted by Crippen LogP contribution is 2.24. The Balaban J connectivity index is 1.90. The topological polar surface area (TPSA) is 82.3 Å². The highest BCUT2D eigenvalue weighted by atomic mass is 16.5. The molecule has 140 valence electrons. The second kappa shape index (κ2) is 7.49. The number of hydrogen-bond acceptors (Lipinski definition) is 4. The van der Waals surface area contributed by atoms with Crippen molar-refractivity contribution in [3.8, 4) is 0 Å². The number of anilines is 1. The largest absolute Gasteiger partial charge is 0.468 e. The van der Waals surface area contributed by atoms with Crippen molar-refractivity contribution in [2.75, 3.05) is 12.4 Å². The van der Waals surface area contributed by atoms with Crippen LogP contribution >= 0.6 is 0 Å². The van der Waals surface area contributed by atoms with Gasteiger partial charge in [-0.25, -0.2) is 0 Å². The van der Waals surface area contributed by atoms with E-state index < -0.39 is 5.97 Å². The third kappa shape index (κ3) is 3.76. The Morgan fingerprint density at radius 3 is 2.63 bits per heavy atom. The molecule has 0 bridgehead atoms. The number of amides is 1. The number of rotatable bonds is 5. The van der Waals surface area contributed by atoms with Gasteiger partial charge in [0.2, 0.25) is 0 Å². The van der Waals surface area contributed by atoms with Gasteiger partial charge in [0.05, 0.1) is 12.8 Å². The number of methoxy groups -OCH3 is 1. The maximum atomic E-state index is 12.8. The minimum absolute atomic E-state index is 0.216. The standard InChI is InChI=1S/C20H21N3O4/c1-13(2)23-10-9-15-16(5-4-6-17(15)23)20(26)21-14-7-8-18(24)22(11-14)12-19(25)27-3/h4-11,13H,12H2,1-3H3,(H,21,26). The second-order valence-electron chi connectivity index (χ2n) is 6.47. The first-order valence-electron chi connectivity index (χ1n) is 8.59. The molecule has 2 heterocycles. The van der Waals surface area contributed by atoms with Crippen LogP contribution in [0.2, 0.25) is 0 Å². The molecule has 0 fully saturated rings. The number of nitrogens with one attached hydrogen (secondary N) is 1. The molecule has 1 amide bonds. The van der Waals surface area contributed by atoms with E-state index in [0.717, 1.165) is 10.9 Å². The smallest absolute Gasteiger partial charge is 0.325 e. The predicted molar refractivity (Wildman–Crippen MR) is 103 cm³/mol. The minimum atomic E-state index is -0.541. The fourth-order valence-corrected chi connectivity index (χ4v) is 2.97. The average molecular weight is 367 g/mol. The van der Waals surface area contributed by atoms with Gasteiger partial charge in [0.25, 0.3) is 11.5 Å². The van der Waals surface area contributed by atoms with E-state index in [1.165, 1.54) is 30.0 Å². The maximum Gasteiger partial charge on any atom is 0.325 e. The summed E-state index contributed by atoms with van der Waals surface area (Å²) >= 11 is 0. The van der Waals surface area contributed by atoms with Crippen molar-refractivity contribution in [3.05, 3.63) is 64.7 Å². The number of carbonyl (C=O) groups excluding carboxylic acids is 2. The number of pyridine rings is 1. The Morgan fingerprint density at radius 2 is 1.93 bits per heavy atom. The Hall–Kier alpha value is -3.35. The molecular weight excluding hydrogens is 346 g/mol. The van der Waals surface area contributed by atoms with Gasteiger partial charge in [0, 0.05) is 41.0 Å². The lowest BCUT2D eigenvalue weighted by Gasteiger charge is -2.11. The van der Waals surface area contributed by atoms with Crippen LogP contribution in [0.5, 0.6) is 0 Å². The number of ether oxygens (including phenoxy) is 1. The van der Waals surface area contributed by atoms with E-state index in [2.05, 4.69) is 28.5 Å². The lowest BCUT2D eigenvalue weighted by Crippen LogP contribution is -2.24. The molecule has 3 aromatic rings. The van der Waals surface area contributed by atoms with Crippen molar-refractivity contribution in [2.24, 2.45) is 0 Å². The van der Waals surface area contributed by atoms with E-state index in [4.69, 9.17) is 0 Å². The summed E-state index contributed by atoms with van der Waals surface area (Å²) in [4.78, 5) is 36.1. The van der Waals surface area contributed by atoms with Crippen LogP contribution < -0.4 is 10.9 Å². The molecule has 2 aromatic heterocycles. The van der Waals surface area contributed by atoms with Crippen LogP contribution in [0.1, 0.15) is 30.2 Å². The first-order valence-corrected chi connectivity index (χ1v) is 8.59. The van der Waals surface area contributed by atoms with Crippen molar-refractivity contribution in [2.45, 2.75) is 26.4 Å². The monoisotopic (exact) mass is 367 g/mol. The Kier molecular flexibility index (Phi) is 5.12. The fraction of sp³-hybridized carbons (Fsp3) is 0.250. The van der Waals surface area contributed by atoms with Gasteiger partial charge in [-0.05, 0) is 38.1 Å². The van der Waals surface area contributed by atoms with Gasteiger partial charge in [-0.2, -0.15) is 0 Å². The van der Waals surface area contributed by atoms with Crippen molar-refractivity contribution in [1.29, 1.82) is 0 Å². The lowest BCUT2D eigenvalue weighted by molar-refractivity contribution is -0.141. The summed E-state index contributed by atoms with van der Waals surface area (Å²) in [5.41, 5.74) is 1.59. The quantitative estimate of drug-likeness (QED) is 0.703. The molecule has 3 rings (SSSR count). The van der Waals surface area contributed by atoms with E-state index in [1.54, 1.807) is 6.07 Å². The number of nitrogens with zero attached hydrogens (tertiary/aromatic N) is 2. The van der Waals surface area contributed by atoms with Crippen molar-refractivity contribution < 1.29 is 14.3 Å². The van der Waals surface area contributed by atoms with Gasteiger partial charge >= 0.3 is 5.97 Å². The molecule has 0 aliphatic carbocycles. The molecule has 7 heteroatoms. The molecule has 0 saturated heterocycles. The summed E-state index contributed by atoms with van der Waals surface area (Å²) in [6.45, 7) is 3.94. The molecule has 1 aromatic carbocycles. The maximum absolute atomic E-state index is 12.8. The van der Waals surface area contributed by atoms with Gasteiger partial charge in [0.15, 0.2) is 0 Å². The fourth-order valence-electron chi connectivity index (χ4n) is 2.97. The molecule has 0 saturated carbocycles. The molecule has 0 aliphatic heterocycles. The molecule has 0 aliphatic rings. The SMILES string of the molecule is COC(=O)Cn1cc(NC(=O)c2cccc3c2ccn3C(C)C)ccc1=O. The zero-order valence-electron chi connectivity index (χ0n) is 15.4. The molecular formula is C20H21N3O4. The zero-order valence-corrected chi connectivity index (χ0v) is 15.4. The number of aromatic nitrogens is 2. The van der Waals surface area contributed by atoms with Crippen LogP contribution in [-0.2, 0) is 16.1 Å². The van der Waals surface area contributed by atoms with Crippen molar-refractivity contribution in [1.82, 2.24) is 9.13 Å². The van der Waals surface area contributed by atoms with Crippen LogP contribution in [0.4, 0.5) is 5.69 Å². The summed E-state index contributed by atoms with van der Waals surface area (Å²) in [7, 11) is 1.25. The summed E-state index contributed by atoms with van der Waals surface area (Å²) in [5.74, 6) is -0.828. The molecule has 27 heavy (non-hydrogen) atoms. The first kappa shape index (κ1) is 18.4. The molecule has 0 radical (unpaired) electrons. The van der Waals surface area contributed by atoms with Crippen LogP contribution in [0, 0.1) is 0 Å². The average Bonchev–Trinajstić information content (AvgIpc) is 3.08. The normalized spacial score (nSPS) is 11.0. The third-order valence-corrected chi connectivity index (χ3v) is 4.33. The van der Waals surface area contributed by atoms with Gasteiger partial charge in [-0.15, -0.1) is 0 Å². The molecule has 0 atom stereocenters. The molecule has 0 spiro atoms. The van der Waals surface area contributed by atoms with Crippen molar-refractivity contribution in [3.63, 3.8) is 0 Å². The van der Waals surface area contributed by atoms with Crippen LogP contribution in [0.15, 0.2) is 53.6 Å². The highest BCUT2D eigenvalue weighted by Gasteiger charge is 2.14. The van der Waals surface area contributed by atoms with Crippen LogP contribution in [-0.4, -0.2) is 28.1 Å². The summed E-state index contributed by atoms with van der Waals surface area (Å²) in [6, 6.07) is 10.6. The zero-order chi connectivity index (χ0) is 19.6. The molecule has 7 nitrogen and oxygen atoms in total. The first-order chi connectivity index (χ1) is 12.9. The highest BCUT2D eigenvalue weighted by molar-refractivity contribution is 6.12. The Labute approximate surface area is 156 Å². The number of fused-ring (bicyclic) bond motifs is 1. The summed E-state index contributed by atoms with van der Waals surface area (Å²) < 4.78 is 7.87. The Bertz CT molecular complexity index is 1060. The number of benzene rings is 1. The summed E-state index contributed by atoms with van der Waals surface area (Å²) in [6.07, 6.45) is 3.39. The second-order valence-corrected chi connectivity index (χ2v) is 6.47. The molecule has 0 unspecified atom stereocenters. The lowest BCUT2D eigenvalue weighted by atomic mass is 10.1. The van der Waals surface area contributed by atoms with Crippen molar-refractivity contribution >= 4 is 28.5 Å². The number of hydrogen-bond donors (Lipinski definition) is 1. The van der Waals surface area contributed by atoms with Gasteiger partial charge in [-0.3, -0.25) is 14.4 Å². The predicted octanol–water partition coefficient (Wildman–Crippen LogP) is 2.81. The van der Waals surface area contributed by atoms with E-state index >= 15 is 0 Å². The number of esters is 1. The summed E-state index contributed by atoms with van der Waals surface area (Å²) in [5, 5.41) is 3.64.